The molecule has 0 saturated carbocycles. The van der Waals surface area contributed by atoms with E-state index in [1.54, 1.807) is 11.1 Å². The molecule has 1 unspecified atom stereocenters. The molecule has 0 N–H and O–H groups in total. The minimum Gasteiger partial charge on any atom is -0.295 e. The number of rotatable bonds is 1. The van der Waals surface area contributed by atoms with Crippen LogP contribution in [0, 0.1) is 6.92 Å². The number of nitrogens with zero attached hydrogens (tertiary/aromatic N) is 2. The monoisotopic (exact) mass is 286 g/mol. The highest BCUT2D eigenvalue weighted by Gasteiger charge is 2.30. The van der Waals surface area contributed by atoms with Crippen LogP contribution in [0.25, 0.3) is 0 Å². The Kier molecular flexibility index (Phi) is 3.02. The van der Waals surface area contributed by atoms with Crippen LogP contribution in [0.1, 0.15) is 12.0 Å². The van der Waals surface area contributed by atoms with Gasteiger partial charge in [-0.2, -0.15) is 12.6 Å². The lowest BCUT2D eigenvalue weighted by molar-refractivity contribution is -0.117. The quantitative estimate of drug-likeness (QED) is 0.803. The first-order valence-electron chi connectivity index (χ1n) is 4.68. The van der Waals surface area contributed by atoms with Gasteiger partial charge in [0.15, 0.2) is 0 Å². The van der Waals surface area contributed by atoms with Crippen molar-refractivity contribution < 1.29 is 4.79 Å². The minimum absolute atomic E-state index is 0.0899. The number of hydrogen-bond acceptors (Lipinski definition) is 3. The third-order valence-electron chi connectivity index (χ3n) is 2.32. The predicted molar refractivity (Wildman–Crippen MR) is 66.4 cm³/mol. The zero-order valence-electron chi connectivity index (χ0n) is 8.27. The van der Waals surface area contributed by atoms with E-state index in [1.165, 1.54) is 0 Å². The number of pyridine rings is 1. The van der Waals surface area contributed by atoms with E-state index in [-0.39, 0.29) is 11.2 Å². The molecule has 5 heteroatoms. The number of anilines is 1. The van der Waals surface area contributed by atoms with Crippen LogP contribution in [0.5, 0.6) is 0 Å². The Morgan fingerprint density at radius 2 is 2.40 bits per heavy atom. The second-order valence-corrected chi connectivity index (χ2v) is 5.27. The van der Waals surface area contributed by atoms with Crippen LogP contribution in [0.15, 0.2) is 16.7 Å². The lowest BCUT2D eigenvalue weighted by atomic mass is 10.3. The van der Waals surface area contributed by atoms with E-state index in [0.717, 1.165) is 10.0 Å². The molecule has 0 bridgehead atoms. The minimum atomic E-state index is 0.0899. The van der Waals surface area contributed by atoms with Crippen LogP contribution in [0.2, 0.25) is 0 Å². The smallest absolute Gasteiger partial charge is 0.229 e. The van der Waals surface area contributed by atoms with Gasteiger partial charge in [0.25, 0.3) is 0 Å². The summed E-state index contributed by atoms with van der Waals surface area (Å²) < 4.78 is 0.860. The van der Waals surface area contributed by atoms with E-state index in [9.17, 15) is 4.79 Å². The average molecular weight is 287 g/mol. The number of carbonyl (C=O) groups is 1. The Hall–Kier alpha value is -0.550. The second-order valence-electron chi connectivity index (χ2n) is 3.68. The molecule has 1 saturated heterocycles. The van der Waals surface area contributed by atoms with Crippen molar-refractivity contribution in [3.05, 3.63) is 22.3 Å². The van der Waals surface area contributed by atoms with Gasteiger partial charge in [-0.05, 0) is 34.5 Å². The van der Waals surface area contributed by atoms with Crippen LogP contribution >= 0.6 is 28.6 Å². The number of carbonyl (C=O) groups excluding carboxylic acids is 1. The molecule has 0 aliphatic carbocycles. The lowest BCUT2D eigenvalue weighted by Gasteiger charge is -2.16. The molecule has 1 aliphatic rings. The van der Waals surface area contributed by atoms with Gasteiger partial charge in [0.1, 0.15) is 5.82 Å². The summed E-state index contributed by atoms with van der Waals surface area (Å²) in [5.41, 5.74) is 1.07. The number of amides is 1. The molecule has 1 aliphatic heterocycles. The first-order valence-corrected chi connectivity index (χ1v) is 5.99. The van der Waals surface area contributed by atoms with Crippen molar-refractivity contribution in [3.63, 3.8) is 0 Å². The Morgan fingerprint density at radius 1 is 1.67 bits per heavy atom. The summed E-state index contributed by atoms with van der Waals surface area (Å²) in [5.74, 6) is 0.786. The molecule has 1 aromatic heterocycles. The number of halogens is 1. The fourth-order valence-electron chi connectivity index (χ4n) is 1.62. The van der Waals surface area contributed by atoms with Crippen molar-refractivity contribution in [2.45, 2.75) is 18.6 Å². The Balaban J connectivity index is 2.34. The topological polar surface area (TPSA) is 33.2 Å². The van der Waals surface area contributed by atoms with Gasteiger partial charge in [0.2, 0.25) is 5.91 Å². The zero-order chi connectivity index (χ0) is 11.0. The molecule has 2 rings (SSSR count). The Bertz CT molecular complexity index is 410. The average Bonchev–Trinajstić information content (AvgIpc) is 2.45. The van der Waals surface area contributed by atoms with Crippen molar-refractivity contribution in [2.24, 2.45) is 0 Å². The van der Waals surface area contributed by atoms with Gasteiger partial charge < -0.3 is 0 Å². The van der Waals surface area contributed by atoms with Gasteiger partial charge in [-0.15, -0.1) is 0 Å². The fourth-order valence-corrected chi connectivity index (χ4v) is 2.62. The fraction of sp³-hybridized carbons (Fsp3) is 0.400. The molecule has 80 valence electrons. The Morgan fingerprint density at radius 3 is 2.93 bits per heavy atom. The largest absolute Gasteiger partial charge is 0.295 e. The van der Waals surface area contributed by atoms with Crippen LogP contribution in [0.4, 0.5) is 5.82 Å². The summed E-state index contributed by atoms with van der Waals surface area (Å²) in [6.07, 6.45) is 2.25. The summed E-state index contributed by atoms with van der Waals surface area (Å²) in [6, 6.07) is 1.96. The standard InChI is InChI=1S/C10H11BrN2OS/c1-6-2-8(11)10(12-4-6)13-5-7(15)3-9(13)14/h2,4,7,15H,3,5H2,1H3. The second kappa shape index (κ2) is 4.14. The molecule has 0 aromatic carbocycles. The van der Waals surface area contributed by atoms with E-state index >= 15 is 0 Å². The van der Waals surface area contributed by atoms with Gasteiger partial charge in [0, 0.05) is 24.4 Å². The van der Waals surface area contributed by atoms with Crippen molar-refractivity contribution >= 4 is 40.3 Å². The molecule has 0 radical (unpaired) electrons. The van der Waals surface area contributed by atoms with Gasteiger partial charge in [-0.3, -0.25) is 9.69 Å². The molecule has 1 fully saturated rings. The summed E-state index contributed by atoms with van der Waals surface area (Å²) in [5, 5.41) is 0.118. The zero-order valence-corrected chi connectivity index (χ0v) is 10.8. The SMILES string of the molecule is Cc1cnc(N2CC(S)CC2=O)c(Br)c1. The number of aryl methyl sites for hydroxylation is 1. The molecular formula is C10H11BrN2OS. The highest BCUT2D eigenvalue weighted by Crippen LogP contribution is 2.29. The van der Waals surface area contributed by atoms with Crippen LogP contribution < -0.4 is 4.90 Å². The molecule has 3 nitrogen and oxygen atoms in total. The van der Waals surface area contributed by atoms with E-state index in [0.29, 0.717) is 18.8 Å². The maximum atomic E-state index is 11.6. The highest BCUT2D eigenvalue weighted by atomic mass is 79.9. The molecule has 15 heavy (non-hydrogen) atoms. The molecule has 1 atom stereocenters. The molecule has 0 spiro atoms. The first kappa shape index (κ1) is 11.0. The van der Waals surface area contributed by atoms with Gasteiger partial charge in [-0.25, -0.2) is 4.98 Å². The maximum Gasteiger partial charge on any atom is 0.229 e. The summed E-state index contributed by atoms with van der Waals surface area (Å²) >= 11 is 7.73. The van der Waals surface area contributed by atoms with Gasteiger partial charge >= 0.3 is 0 Å². The maximum absolute atomic E-state index is 11.6. The van der Waals surface area contributed by atoms with Crippen LogP contribution in [-0.4, -0.2) is 22.7 Å². The number of hydrogen-bond donors (Lipinski definition) is 1. The van der Waals surface area contributed by atoms with Crippen LogP contribution in [0.3, 0.4) is 0 Å². The summed E-state index contributed by atoms with van der Waals surface area (Å²) in [7, 11) is 0. The van der Waals surface area contributed by atoms with E-state index in [4.69, 9.17) is 0 Å². The predicted octanol–water partition coefficient (Wildman–Crippen LogP) is 2.19. The molecular weight excluding hydrogens is 276 g/mol. The molecule has 1 aromatic rings. The first-order chi connectivity index (χ1) is 7.08. The summed E-state index contributed by atoms with van der Waals surface area (Å²) in [4.78, 5) is 17.6. The van der Waals surface area contributed by atoms with Gasteiger partial charge in [0.05, 0.1) is 4.47 Å². The third kappa shape index (κ3) is 2.18. The lowest BCUT2D eigenvalue weighted by Crippen LogP contribution is -2.26. The number of aromatic nitrogens is 1. The van der Waals surface area contributed by atoms with E-state index in [2.05, 4.69) is 33.5 Å². The van der Waals surface area contributed by atoms with E-state index in [1.807, 2.05) is 13.0 Å². The molecule has 2 heterocycles. The normalized spacial score (nSPS) is 21.1. The molecule has 1 amide bonds. The highest BCUT2D eigenvalue weighted by molar-refractivity contribution is 9.10. The third-order valence-corrected chi connectivity index (χ3v) is 3.25. The number of thiol groups is 1. The van der Waals surface area contributed by atoms with Crippen LogP contribution in [-0.2, 0) is 4.79 Å². The van der Waals surface area contributed by atoms with Gasteiger partial charge in [-0.1, -0.05) is 0 Å². The van der Waals surface area contributed by atoms with Crippen molar-refractivity contribution in [1.82, 2.24) is 4.98 Å². The van der Waals surface area contributed by atoms with Crippen molar-refractivity contribution in [1.29, 1.82) is 0 Å². The summed E-state index contributed by atoms with van der Waals surface area (Å²) in [6.45, 7) is 2.60. The Labute approximate surface area is 102 Å². The van der Waals surface area contributed by atoms with Crippen molar-refractivity contribution in [3.8, 4) is 0 Å². The van der Waals surface area contributed by atoms with Crippen molar-refractivity contribution in [2.75, 3.05) is 11.4 Å². The van der Waals surface area contributed by atoms with E-state index < -0.39 is 0 Å².